The molecule has 0 bridgehead atoms. The first kappa shape index (κ1) is 13.0. The molecule has 19 heavy (non-hydrogen) atoms. The van der Waals surface area contributed by atoms with Crippen molar-refractivity contribution < 1.29 is 18.7 Å². The molecule has 0 unspecified atom stereocenters. The molecule has 0 aliphatic heterocycles. The van der Waals surface area contributed by atoms with Gasteiger partial charge in [-0.1, -0.05) is 24.3 Å². The zero-order valence-corrected chi connectivity index (χ0v) is 10.8. The minimum atomic E-state index is -0.517. The Hall–Kier alpha value is -2.49. The van der Waals surface area contributed by atoms with Gasteiger partial charge in [0.2, 0.25) is 5.76 Å². The third kappa shape index (κ3) is 3.04. The van der Waals surface area contributed by atoms with Crippen LogP contribution in [0.5, 0.6) is 0 Å². The molecule has 0 N–H and O–H groups in total. The summed E-state index contributed by atoms with van der Waals surface area (Å²) in [5.74, 6) is 0.324. The summed E-state index contributed by atoms with van der Waals surface area (Å²) in [6.07, 6.45) is 4.95. The van der Waals surface area contributed by atoms with Gasteiger partial charge in [0.15, 0.2) is 0 Å². The van der Waals surface area contributed by atoms with Crippen molar-refractivity contribution in [1.29, 1.82) is 0 Å². The number of hydrogen-bond donors (Lipinski definition) is 0. The summed E-state index contributed by atoms with van der Waals surface area (Å²) >= 11 is 0. The zero-order valence-electron chi connectivity index (χ0n) is 10.8. The second-order valence-electron chi connectivity index (χ2n) is 3.77. The smallest absolute Gasteiger partial charge is 0.373 e. The molecule has 0 fully saturated rings. The molecule has 4 heteroatoms. The minimum Gasteiger partial charge on any atom is -0.490 e. The fourth-order valence-electron chi connectivity index (χ4n) is 1.63. The molecule has 0 aliphatic carbocycles. The molecule has 0 amide bonds. The van der Waals surface area contributed by atoms with Crippen molar-refractivity contribution in [2.45, 2.75) is 0 Å². The predicted octanol–water partition coefficient (Wildman–Crippen LogP) is 3.15. The second-order valence-corrected chi connectivity index (χ2v) is 3.77. The van der Waals surface area contributed by atoms with Gasteiger partial charge in [0.1, 0.15) is 11.3 Å². The highest BCUT2D eigenvalue weighted by atomic mass is 16.6. The van der Waals surface area contributed by atoms with E-state index in [1.165, 1.54) is 20.3 Å². The first-order valence-electron chi connectivity index (χ1n) is 5.74. The quantitative estimate of drug-likeness (QED) is 0.366. The Morgan fingerprint density at radius 3 is 2.68 bits per heavy atom. The number of ether oxygens (including phenoxy) is 2. The van der Waals surface area contributed by atoms with Gasteiger partial charge in [-0.3, -0.25) is 0 Å². The minimum absolute atomic E-state index is 0.134. The van der Waals surface area contributed by atoms with E-state index in [-0.39, 0.29) is 5.76 Å². The number of carbonyl (C=O) groups is 1. The molecule has 2 rings (SSSR count). The first-order valence-corrected chi connectivity index (χ1v) is 5.74. The van der Waals surface area contributed by atoms with Gasteiger partial charge in [-0.25, -0.2) is 4.79 Å². The number of benzene rings is 1. The highest BCUT2D eigenvalue weighted by Crippen LogP contribution is 2.19. The normalized spacial score (nSPS) is 12.0. The van der Waals surface area contributed by atoms with E-state index in [9.17, 15) is 4.79 Å². The molecular formula is C15H14O4. The van der Waals surface area contributed by atoms with Crippen LogP contribution in [0.25, 0.3) is 17.0 Å². The average Bonchev–Trinajstić information content (AvgIpc) is 2.85. The summed E-state index contributed by atoms with van der Waals surface area (Å²) in [4.78, 5) is 11.3. The highest BCUT2D eigenvalue weighted by molar-refractivity contribution is 5.86. The number of carbonyl (C=O) groups excluding carboxylic acids is 1. The maximum atomic E-state index is 11.3. The van der Waals surface area contributed by atoms with Crippen molar-refractivity contribution >= 4 is 23.0 Å². The van der Waals surface area contributed by atoms with Crippen LogP contribution in [0.1, 0.15) is 5.76 Å². The van der Waals surface area contributed by atoms with Crippen molar-refractivity contribution in [2.24, 2.45) is 0 Å². The first-order chi connectivity index (χ1) is 9.24. The maximum absolute atomic E-state index is 11.3. The lowest BCUT2D eigenvalue weighted by Gasteiger charge is -2.00. The molecule has 0 saturated carbocycles. The molecule has 4 nitrogen and oxygen atoms in total. The Morgan fingerprint density at radius 2 is 2.00 bits per heavy atom. The molecule has 98 valence electrons. The van der Waals surface area contributed by atoms with Crippen LogP contribution in [-0.4, -0.2) is 20.2 Å². The van der Waals surface area contributed by atoms with Gasteiger partial charge in [-0.2, -0.15) is 0 Å². The topological polar surface area (TPSA) is 48.7 Å². The molecule has 0 spiro atoms. The third-order valence-corrected chi connectivity index (χ3v) is 2.56. The summed E-state index contributed by atoms with van der Waals surface area (Å²) in [6, 6.07) is 9.66. The van der Waals surface area contributed by atoms with Gasteiger partial charge in [0.25, 0.3) is 0 Å². The van der Waals surface area contributed by atoms with Crippen LogP contribution >= 0.6 is 0 Å². The number of furan rings is 1. The molecule has 0 radical (unpaired) electrons. The Labute approximate surface area is 110 Å². The molecular weight excluding hydrogens is 244 g/mol. The van der Waals surface area contributed by atoms with Crippen molar-refractivity contribution in [3.05, 3.63) is 54.0 Å². The van der Waals surface area contributed by atoms with Crippen LogP contribution in [0.4, 0.5) is 0 Å². The number of para-hydroxylation sites is 1. The third-order valence-electron chi connectivity index (χ3n) is 2.56. The van der Waals surface area contributed by atoms with E-state index in [1.807, 2.05) is 30.3 Å². The molecule has 1 aromatic heterocycles. The Morgan fingerprint density at radius 1 is 1.21 bits per heavy atom. The van der Waals surface area contributed by atoms with E-state index in [0.29, 0.717) is 5.76 Å². The zero-order chi connectivity index (χ0) is 13.7. The van der Waals surface area contributed by atoms with Crippen LogP contribution < -0.4 is 0 Å². The molecule has 0 saturated heterocycles. The van der Waals surface area contributed by atoms with Crippen LogP contribution in [-0.2, 0) is 14.3 Å². The van der Waals surface area contributed by atoms with Gasteiger partial charge in [0.05, 0.1) is 14.2 Å². The average molecular weight is 258 g/mol. The lowest BCUT2D eigenvalue weighted by atomic mass is 10.2. The highest BCUT2D eigenvalue weighted by Gasteiger charge is 2.07. The number of fused-ring (bicyclic) bond motifs is 1. The van der Waals surface area contributed by atoms with Gasteiger partial charge >= 0.3 is 5.97 Å². The van der Waals surface area contributed by atoms with Crippen molar-refractivity contribution in [3.63, 3.8) is 0 Å². The van der Waals surface area contributed by atoms with E-state index < -0.39 is 5.97 Å². The second kappa shape index (κ2) is 5.91. The van der Waals surface area contributed by atoms with Crippen molar-refractivity contribution in [2.75, 3.05) is 14.2 Å². The fourth-order valence-corrected chi connectivity index (χ4v) is 1.63. The predicted molar refractivity (Wildman–Crippen MR) is 72.4 cm³/mol. The van der Waals surface area contributed by atoms with E-state index in [1.54, 1.807) is 12.2 Å². The molecule has 1 aromatic carbocycles. The van der Waals surface area contributed by atoms with E-state index in [0.717, 1.165) is 11.0 Å². The van der Waals surface area contributed by atoms with E-state index in [2.05, 4.69) is 4.74 Å². The lowest BCUT2D eigenvalue weighted by Crippen LogP contribution is -2.05. The molecule has 1 heterocycles. The molecule has 0 aliphatic rings. The van der Waals surface area contributed by atoms with Gasteiger partial charge < -0.3 is 13.9 Å². The summed E-state index contributed by atoms with van der Waals surface area (Å²) in [6.45, 7) is 0. The molecule has 0 atom stereocenters. The number of methoxy groups -OCH3 is 2. The standard InChI is InChI=1S/C15H14O4/c1-17-14(15(16)18-2)9-5-7-12-10-11-6-3-4-8-13(11)19-12/h3-10H,1-2H3/b7-5+,14-9-. The monoisotopic (exact) mass is 258 g/mol. The Bertz CT molecular complexity index is 601. The van der Waals surface area contributed by atoms with Gasteiger partial charge in [0, 0.05) is 5.39 Å². The summed E-state index contributed by atoms with van der Waals surface area (Å²) in [5.41, 5.74) is 0.825. The summed E-state index contributed by atoms with van der Waals surface area (Å²) in [7, 11) is 2.72. The SMILES string of the molecule is COC(=O)/C(=C/C=C/c1cc2ccccc2o1)OC. The Kier molecular flexibility index (Phi) is 4.03. The van der Waals surface area contributed by atoms with Gasteiger partial charge in [-0.05, 0) is 24.3 Å². The lowest BCUT2D eigenvalue weighted by molar-refractivity contribution is -0.139. The molecule has 2 aromatic rings. The maximum Gasteiger partial charge on any atom is 0.373 e. The van der Waals surface area contributed by atoms with E-state index >= 15 is 0 Å². The largest absolute Gasteiger partial charge is 0.490 e. The fraction of sp³-hybridized carbons (Fsp3) is 0.133. The number of rotatable bonds is 4. The van der Waals surface area contributed by atoms with Crippen LogP contribution in [0.2, 0.25) is 0 Å². The number of hydrogen-bond acceptors (Lipinski definition) is 4. The van der Waals surface area contributed by atoms with Crippen LogP contribution in [0.3, 0.4) is 0 Å². The number of esters is 1. The van der Waals surface area contributed by atoms with Crippen molar-refractivity contribution in [1.82, 2.24) is 0 Å². The summed E-state index contributed by atoms with van der Waals surface area (Å²) < 4.78 is 15.1. The van der Waals surface area contributed by atoms with Gasteiger partial charge in [-0.15, -0.1) is 0 Å². The van der Waals surface area contributed by atoms with Crippen LogP contribution in [0, 0.1) is 0 Å². The van der Waals surface area contributed by atoms with Crippen molar-refractivity contribution in [3.8, 4) is 0 Å². The Balaban J connectivity index is 2.18. The van der Waals surface area contributed by atoms with Crippen LogP contribution in [0.15, 0.2) is 52.7 Å². The summed E-state index contributed by atoms with van der Waals surface area (Å²) in [5, 5.41) is 1.03. The van der Waals surface area contributed by atoms with E-state index in [4.69, 9.17) is 9.15 Å². The number of allylic oxidation sites excluding steroid dienone is 2.